The molecule has 1 aliphatic rings. The minimum absolute atomic E-state index is 0.956. The van der Waals surface area contributed by atoms with Crippen LogP contribution in [0.4, 0.5) is 0 Å². The number of rotatable bonds is 4. The Morgan fingerprint density at radius 1 is 0.500 bits per heavy atom. The highest BCUT2D eigenvalue weighted by atomic mass is 15.1. The summed E-state index contributed by atoms with van der Waals surface area (Å²) >= 11 is 0. The molecule has 0 aliphatic heterocycles. The maximum absolute atomic E-state index is 5.34. The third kappa shape index (κ3) is 3.38. The number of hydrogen-bond acceptors (Lipinski definition) is 1. The van der Waals surface area contributed by atoms with Crippen LogP contribution in [0.2, 0.25) is 0 Å². The predicted molar refractivity (Wildman–Crippen MR) is 148 cm³/mol. The summed E-state index contributed by atoms with van der Waals surface area (Å²) < 4.78 is 2.32. The summed E-state index contributed by atoms with van der Waals surface area (Å²) in [4.78, 5) is 5.34. The van der Waals surface area contributed by atoms with Crippen molar-refractivity contribution in [3.63, 3.8) is 0 Å². The molecule has 0 N–H and O–H groups in total. The van der Waals surface area contributed by atoms with Gasteiger partial charge in [0.05, 0.1) is 11.4 Å². The van der Waals surface area contributed by atoms with Gasteiger partial charge in [0.2, 0.25) is 0 Å². The zero-order valence-electron chi connectivity index (χ0n) is 19.8. The Kier molecular flexibility index (Phi) is 4.89. The summed E-state index contributed by atoms with van der Waals surface area (Å²) in [6, 6.07) is 47.2. The minimum Gasteiger partial charge on any atom is -0.292 e. The summed E-state index contributed by atoms with van der Waals surface area (Å²) in [6.45, 7) is 0. The second kappa shape index (κ2) is 8.51. The van der Waals surface area contributed by atoms with Gasteiger partial charge in [-0.25, -0.2) is 4.98 Å². The van der Waals surface area contributed by atoms with Gasteiger partial charge in [-0.2, -0.15) is 0 Å². The van der Waals surface area contributed by atoms with Crippen LogP contribution in [0.1, 0.15) is 11.1 Å². The largest absolute Gasteiger partial charge is 0.292 e. The third-order valence-corrected chi connectivity index (χ3v) is 7.04. The van der Waals surface area contributed by atoms with E-state index in [9.17, 15) is 0 Å². The van der Waals surface area contributed by atoms with Gasteiger partial charge >= 0.3 is 0 Å². The summed E-state index contributed by atoms with van der Waals surface area (Å²) in [5.74, 6) is 0.956. The topological polar surface area (TPSA) is 17.8 Å². The number of benzene rings is 5. The fourth-order valence-electron chi connectivity index (χ4n) is 5.39. The number of hydrogen-bond donors (Lipinski definition) is 0. The molecule has 0 saturated heterocycles. The van der Waals surface area contributed by atoms with Crippen molar-refractivity contribution in [1.82, 2.24) is 9.55 Å². The molecule has 5 aromatic carbocycles. The Balaban J connectivity index is 1.51. The molecule has 6 aromatic rings. The van der Waals surface area contributed by atoms with Crippen molar-refractivity contribution in [1.29, 1.82) is 0 Å². The van der Waals surface area contributed by atoms with Gasteiger partial charge < -0.3 is 0 Å². The molecule has 2 heteroatoms. The summed E-state index contributed by atoms with van der Waals surface area (Å²) in [6.07, 6.45) is 0.961. The van der Waals surface area contributed by atoms with E-state index in [1.165, 1.54) is 22.3 Å². The molecular weight excluding hydrogens is 436 g/mol. The maximum Gasteiger partial charge on any atom is 0.145 e. The molecule has 1 heterocycles. The molecule has 0 radical (unpaired) electrons. The zero-order chi connectivity index (χ0) is 23.9. The number of para-hydroxylation sites is 1. The monoisotopic (exact) mass is 460 g/mol. The van der Waals surface area contributed by atoms with Crippen LogP contribution in [0.25, 0.3) is 50.7 Å². The van der Waals surface area contributed by atoms with Crippen molar-refractivity contribution >= 4 is 0 Å². The Bertz CT molecular complexity index is 1680. The maximum atomic E-state index is 5.34. The molecule has 36 heavy (non-hydrogen) atoms. The van der Waals surface area contributed by atoms with Gasteiger partial charge in [-0.05, 0) is 46.9 Å². The molecule has 0 bridgehead atoms. The third-order valence-electron chi connectivity index (χ3n) is 7.04. The van der Waals surface area contributed by atoms with E-state index in [1.807, 2.05) is 0 Å². The zero-order valence-corrected chi connectivity index (χ0v) is 19.8. The van der Waals surface area contributed by atoms with Gasteiger partial charge in [0, 0.05) is 22.4 Å². The number of fused-ring (bicyclic) bond motifs is 3. The van der Waals surface area contributed by atoms with Crippen molar-refractivity contribution in [2.45, 2.75) is 6.42 Å². The van der Waals surface area contributed by atoms with Gasteiger partial charge in [-0.1, -0.05) is 115 Å². The normalized spacial score (nSPS) is 11.8. The van der Waals surface area contributed by atoms with Crippen LogP contribution >= 0.6 is 0 Å². The van der Waals surface area contributed by atoms with E-state index < -0.39 is 0 Å². The van der Waals surface area contributed by atoms with Gasteiger partial charge in [-0.3, -0.25) is 4.57 Å². The molecular formula is C34H24N2. The van der Waals surface area contributed by atoms with E-state index >= 15 is 0 Å². The average molecular weight is 461 g/mol. The Morgan fingerprint density at radius 3 is 1.86 bits per heavy atom. The van der Waals surface area contributed by atoms with Gasteiger partial charge in [0.25, 0.3) is 0 Å². The summed E-state index contributed by atoms with van der Waals surface area (Å²) in [5.41, 5.74) is 12.0. The van der Waals surface area contributed by atoms with Crippen LogP contribution in [0.15, 0.2) is 133 Å². The lowest BCUT2D eigenvalue weighted by Crippen LogP contribution is -2.00. The first-order chi connectivity index (χ1) is 17.9. The van der Waals surface area contributed by atoms with E-state index in [0.29, 0.717) is 0 Å². The highest BCUT2D eigenvalue weighted by Gasteiger charge is 2.24. The second-order valence-corrected chi connectivity index (χ2v) is 9.24. The van der Waals surface area contributed by atoms with E-state index in [0.717, 1.165) is 46.0 Å². The molecule has 1 aliphatic carbocycles. The van der Waals surface area contributed by atoms with Crippen LogP contribution in [-0.4, -0.2) is 9.55 Å². The van der Waals surface area contributed by atoms with E-state index in [-0.39, 0.29) is 0 Å². The van der Waals surface area contributed by atoms with E-state index in [4.69, 9.17) is 4.98 Å². The smallest absolute Gasteiger partial charge is 0.145 e. The standard InChI is InChI=1S/C34H24N2/c1-4-12-24(13-5-1)32-33(25-14-6-2-7-15-25)36(29-17-8-3-9-18-29)34(35-32)27-20-21-31-28(23-27)22-26-16-10-11-19-30(26)31/h1-21,23H,22H2. The van der Waals surface area contributed by atoms with Crippen molar-refractivity contribution < 1.29 is 0 Å². The first-order valence-corrected chi connectivity index (χ1v) is 12.4. The second-order valence-electron chi connectivity index (χ2n) is 9.24. The van der Waals surface area contributed by atoms with E-state index in [1.54, 1.807) is 0 Å². The van der Waals surface area contributed by atoms with Crippen LogP contribution in [-0.2, 0) is 6.42 Å². The van der Waals surface area contributed by atoms with Crippen LogP contribution in [0.5, 0.6) is 0 Å². The lowest BCUT2D eigenvalue weighted by Gasteiger charge is -2.14. The average Bonchev–Trinajstić information content (AvgIpc) is 3.53. The first-order valence-electron chi connectivity index (χ1n) is 12.4. The quantitative estimate of drug-likeness (QED) is 0.258. The lowest BCUT2D eigenvalue weighted by atomic mass is 10.0. The Morgan fingerprint density at radius 2 is 1.11 bits per heavy atom. The first kappa shape index (κ1) is 20.7. The Labute approximate surface area is 211 Å². The molecule has 0 unspecified atom stereocenters. The predicted octanol–water partition coefficient (Wildman–Crippen LogP) is 8.44. The number of aromatic nitrogens is 2. The molecule has 0 saturated carbocycles. The van der Waals surface area contributed by atoms with Crippen LogP contribution in [0, 0.1) is 0 Å². The highest BCUT2D eigenvalue weighted by molar-refractivity contribution is 5.85. The molecule has 0 fully saturated rings. The number of nitrogens with zero attached hydrogens (tertiary/aromatic N) is 2. The van der Waals surface area contributed by atoms with Crippen molar-refractivity contribution in [2.75, 3.05) is 0 Å². The SMILES string of the molecule is c1ccc(-c2nc(-c3ccc4c(c3)Cc3ccccc3-4)n(-c3ccccc3)c2-c2ccccc2)cc1. The van der Waals surface area contributed by atoms with Crippen LogP contribution in [0.3, 0.4) is 0 Å². The van der Waals surface area contributed by atoms with Crippen LogP contribution < -0.4 is 0 Å². The fourth-order valence-corrected chi connectivity index (χ4v) is 5.39. The number of imidazole rings is 1. The highest BCUT2D eigenvalue weighted by Crippen LogP contribution is 2.42. The minimum atomic E-state index is 0.956. The molecule has 1 aromatic heterocycles. The van der Waals surface area contributed by atoms with Crippen molar-refractivity contribution in [3.05, 3.63) is 145 Å². The summed E-state index contributed by atoms with van der Waals surface area (Å²) in [7, 11) is 0. The van der Waals surface area contributed by atoms with Crippen molar-refractivity contribution in [2.24, 2.45) is 0 Å². The van der Waals surface area contributed by atoms with Gasteiger partial charge in [-0.15, -0.1) is 0 Å². The van der Waals surface area contributed by atoms with Gasteiger partial charge in [0.1, 0.15) is 5.82 Å². The summed E-state index contributed by atoms with van der Waals surface area (Å²) in [5, 5.41) is 0. The molecule has 0 amide bonds. The Hall–Kier alpha value is -4.69. The van der Waals surface area contributed by atoms with Crippen molar-refractivity contribution in [3.8, 4) is 50.7 Å². The molecule has 170 valence electrons. The molecule has 7 rings (SSSR count). The molecule has 0 spiro atoms. The lowest BCUT2D eigenvalue weighted by molar-refractivity contribution is 1.07. The molecule has 2 nitrogen and oxygen atoms in total. The van der Waals surface area contributed by atoms with Gasteiger partial charge in [0.15, 0.2) is 0 Å². The van der Waals surface area contributed by atoms with E-state index in [2.05, 4.69) is 138 Å². The molecule has 0 atom stereocenters. The fraction of sp³-hybridized carbons (Fsp3) is 0.0294.